The Bertz CT molecular complexity index is 629. The Morgan fingerprint density at radius 2 is 1.74 bits per heavy atom. The summed E-state index contributed by atoms with van der Waals surface area (Å²) in [5.41, 5.74) is 1.87. The predicted octanol–water partition coefficient (Wildman–Crippen LogP) is 2.53. The summed E-state index contributed by atoms with van der Waals surface area (Å²) in [5, 5.41) is 2.84. The van der Waals surface area contributed by atoms with E-state index < -0.39 is 0 Å². The van der Waals surface area contributed by atoms with Crippen molar-refractivity contribution in [3.63, 3.8) is 0 Å². The molecule has 0 aliphatic carbocycles. The maximum Gasteiger partial charge on any atom is 0.226 e. The van der Waals surface area contributed by atoms with Crippen molar-refractivity contribution < 1.29 is 9.59 Å². The fraction of sp³-hybridized carbons (Fsp3) is 0.278. The summed E-state index contributed by atoms with van der Waals surface area (Å²) < 4.78 is 0. The van der Waals surface area contributed by atoms with Gasteiger partial charge in [-0.2, -0.15) is 0 Å². The van der Waals surface area contributed by atoms with Crippen LogP contribution in [-0.2, 0) is 16.1 Å². The molecule has 2 aromatic rings. The summed E-state index contributed by atoms with van der Waals surface area (Å²) in [6, 6.07) is 13.2. The van der Waals surface area contributed by atoms with Gasteiger partial charge >= 0.3 is 0 Å². The van der Waals surface area contributed by atoms with Crippen LogP contribution in [0.3, 0.4) is 0 Å². The van der Waals surface area contributed by atoms with E-state index in [0.29, 0.717) is 25.8 Å². The second kappa shape index (κ2) is 8.68. The van der Waals surface area contributed by atoms with Gasteiger partial charge in [0.2, 0.25) is 11.8 Å². The molecule has 0 aliphatic heterocycles. The van der Waals surface area contributed by atoms with Crippen LogP contribution < -0.4 is 10.2 Å². The first-order chi connectivity index (χ1) is 11.2. The smallest absolute Gasteiger partial charge is 0.226 e. The molecule has 1 aromatic heterocycles. The normalized spacial score (nSPS) is 10.1. The topological polar surface area (TPSA) is 62.3 Å². The number of nitrogens with zero attached hydrogens (tertiary/aromatic N) is 2. The van der Waals surface area contributed by atoms with E-state index in [9.17, 15) is 9.59 Å². The number of para-hydroxylation sites is 1. The number of hydrogen-bond acceptors (Lipinski definition) is 3. The maximum absolute atomic E-state index is 12.1. The molecule has 1 aromatic carbocycles. The zero-order valence-electron chi connectivity index (χ0n) is 13.2. The van der Waals surface area contributed by atoms with Crippen molar-refractivity contribution in [3.05, 3.63) is 60.4 Å². The van der Waals surface area contributed by atoms with Gasteiger partial charge < -0.3 is 10.2 Å². The SMILES string of the molecule is CN(C(=O)CCCC(=O)NCc1ccncc1)c1ccccc1. The Labute approximate surface area is 136 Å². The summed E-state index contributed by atoms with van der Waals surface area (Å²) >= 11 is 0. The lowest BCUT2D eigenvalue weighted by Gasteiger charge is -2.17. The Morgan fingerprint density at radius 1 is 1.04 bits per heavy atom. The summed E-state index contributed by atoms with van der Waals surface area (Å²) in [4.78, 5) is 29.4. The number of rotatable bonds is 7. The number of nitrogens with one attached hydrogen (secondary N) is 1. The van der Waals surface area contributed by atoms with E-state index in [-0.39, 0.29) is 11.8 Å². The molecular formula is C18H21N3O2. The van der Waals surface area contributed by atoms with Gasteiger partial charge in [-0.15, -0.1) is 0 Å². The molecule has 1 heterocycles. The van der Waals surface area contributed by atoms with Crippen molar-refractivity contribution in [2.75, 3.05) is 11.9 Å². The van der Waals surface area contributed by atoms with Crippen LogP contribution in [0, 0.1) is 0 Å². The molecule has 2 amide bonds. The van der Waals surface area contributed by atoms with Crippen molar-refractivity contribution >= 4 is 17.5 Å². The molecule has 2 rings (SSSR count). The van der Waals surface area contributed by atoms with E-state index in [2.05, 4.69) is 10.3 Å². The monoisotopic (exact) mass is 311 g/mol. The van der Waals surface area contributed by atoms with E-state index >= 15 is 0 Å². The van der Waals surface area contributed by atoms with E-state index in [0.717, 1.165) is 11.3 Å². The van der Waals surface area contributed by atoms with Crippen molar-refractivity contribution in [3.8, 4) is 0 Å². The van der Waals surface area contributed by atoms with E-state index in [4.69, 9.17) is 0 Å². The predicted molar refractivity (Wildman–Crippen MR) is 89.8 cm³/mol. The standard InChI is InChI=1S/C18H21N3O2/c1-21(16-6-3-2-4-7-16)18(23)9-5-8-17(22)20-14-15-10-12-19-13-11-15/h2-4,6-7,10-13H,5,8-9,14H2,1H3,(H,20,22). The Kier molecular flexibility index (Phi) is 6.29. The molecule has 0 fully saturated rings. The number of pyridine rings is 1. The first kappa shape index (κ1) is 16.7. The minimum Gasteiger partial charge on any atom is -0.352 e. The second-order valence-electron chi connectivity index (χ2n) is 5.27. The number of carbonyl (C=O) groups excluding carboxylic acids is 2. The van der Waals surface area contributed by atoms with Crippen LogP contribution in [0.15, 0.2) is 54.9 Å². The van der Waals surface area contributed by atoms with Gasteiger partial charge in [0.15, 0.2) is 0 Å². The van der Waals surface area contributed by atoms with Gasteiger partial charge in [0, 0.05) is 44.5 Å². The number of anilines is 1. The van der Waals surface area contributed by atoms with Gasteiger partial charge in [-0.05, 0) is 36.2 Å². The highest BCUT2D eigenvalue weighted by Crippen LogP contribution is 2.13. The van der Waals surface area contributed by atoms with Gasteiger partial charge in [0.05, 0.1) is 0 Å². The molecule has 23 heavy (non-hydrogen) atoms. The third-order valence-corrected chi connectivity index (χ3v) is 3.55. The van der Waals surface area contributed by atoms with Crippen LogP contribution in [0.4, 0.5) is 5.69 Å². The third kappa shape index (κ3) is 5.54. The van der Waals surface area contributed by atoms with Crippen molar-refractivity contribution in [1.29, 1.82) is 0 Å². The van der Waals surface area contributed by atoms with Crippen LogP contribution >= 0.6 is 0 Å². The molecule has 0 radical (unpaired) electrons. The van der Waals surface area contributed by atoms with Gasteiger partial charge in [-0.25, -0.2) is 0 Å². The van der Waals surface area contributed by atoms with Crippen molar-refractivity contribution in [2.45, 2.75) is 25.8 Å². The lowest BCUT2D eigenvalue weighted by molar-refractivity contribution is -0.121. The molecule has 0 saturated heterocycles. The lowest BCUT2D eigenvalue weighted by atomic mass is 10.2. The van der Waals surface area contributed by atoms with Gasteiger partial charge in [0.1, 0.15) is 0 Å². The highest BCUT2D eigenvalue weighted by molar-refractivity contribution is 5.92. The summed E-state index contributed by atoms with van der Waals surface area (Å²) in [6.07, 6.45) is 4.63. The number of carbonyl (C=O) groups is 2. The Hall–Kier alpha value is -2.69. The van der Waals surface area contributed by atoms with Crippen LogP contribution in [0.2, 0.25) is 0 Å². The van der Waals surface area contributed by atoms with Crippen LogP contribution in [-0.4, -0.2) is 23.8 Å². The van der Waals surface area contributed by atoms with Crippen LogP contribution in [0.25, 0.3) is 0 Å². The van der Waals surface area contributed by atoms with E-state index in [1.807, 2.05) is 42.5 Å². The molecule has 0 spiro atoms. The molecule has 1 N–H and O–H groups in total. The third-order valence-electron chi connectivity index (χ3n) is 3.55. The first-order valence-electron chi connectivity index (χ1n) is 7.64. The summed E-state index contributed by atoms with van der Waals surface area (Å²) in [5.74, 6) is -0.0323. The largest absolute Gasteiger partial charge is 0.352 e. The average Bonchev–Trinajstić information content (AvgIpc) is 2.61. The Morgan fingerprint density at radius 3 is 2.43 bits per heavy atom. The summed E-state index contributed by atoms with van der Waals surface area (Å²) in [7, 11) is 1.75. The first-order valence-corrected chi connectivity index (χ1v) is 7.64. The van der Waals surface area contributed by atoms with Gasteiger partial charge in [0.25, 0.3) is 0 Å². The molecule has 5 heteroatoms. The molecule has 0 saturated carbocycles. The van der Waals surface area contributed by atoms with Crippen LogP contribution in [0.5, 0.6) is 0 Å². The molecule has 5 nitrogen and oxygen atoms in total. The highest BCUT2D eigenvalue weighted by Gasteiger charge is 2.11. The number of hydrogen-bond donors (Lipinski definition) is 1. The van der Waals surface area contributed by atoms with E-state index in [1.165, 1.54) is 0 Å². The quantitative estimate of drug-likeness (QED) is 0.854. The molecular weight excluding hydrogens is 290 g/mol. The fourth-order valence-electron chi connectivity index (χ4n) is 2.15. The maximum atomic E-state index is 12.1. The van der Waals surface area contributed by atoms with Crippen molar-refractivity contribution in [1.82, 2.24) is 10.3 Å². The second-order valence-corrected chi connectivity index (χ2v) is 5.27. The lowest BCUT2D eigenvalue weighted by Crippen LogP contribution is -2.27. The fourth-order valence-corrected chi connectivity index (χ4v) is 2.15. The van der Waals surface area contributed by atoms with Crippen LogP contribution in [0.1, 0.15) is 24.8 Å². The zero-order valence-corrected chi connectivity index (χ0v) is 13.2. The number of aromatic nitrogens is 1. The minimum atomic E-state index is -0.0445. The molecule has 0 unspecified atom stereocenters. The number of benzene rings is 1. The molecule has 0 bridgehead atoms. The summed E-state index contributed by atoms with van der Waals surface area (Å²) in [6.45, 7) is 0.485. The molecule has 120 valence electrons. The highest BCUT2D eigenvalue weighted by atomic mass is 16.2. The number of amides is 2. The minimum absolute atomic E-state index is 0.0122. The Balaban J connectivity index is 1.68. The molecule has 0 atom stereocenters. The molecule has 0 aliphatic rings. The zero-order chi connectivity index (χ0) is 16.5. The van der Waals surface area contributed by atoms with Gasteiger partial charge in [-0.3, -0.25) is 14.6 Å². The van der Waals surface area contributed by atoms with E-state index in [1.54, 1.807) is 24.3 Å². The average molecular weight is 311 g/mol. The van der Waals surface area contributed by atoms with Gasteiger partial charge in [-0.1, -0.05) is 18.2 Å². The van der Waals surface area contributed by atoms with Crippen molar-refractivity contribution in [2.24, 2.45) is 0 Å².